The van der Waals surface area contributed by atoms with Crippen molar-refractivity contribution >= 4 is 40.7 Å². The molecule has 2 aromatic rings. The van der Waals surface area contributed by atoms with Crippen molar-refractivity contribution in [2.75, 3.05) is 17.7 Å². The van der Waals surface area contributed by atoms with Crippen LogP contribution in [0.3, 0.4) is 0 Å². The summed E-state index contributed by atoms with van der Waals surface area (Å²) in [7, 11) is 1.49. The van der Waals surface area contributed by atoms with Gasteiger partial charge in [0.1, 0.15) is 11.8 Å². The molecule has 0 aliphatic carbocycles. The molecule has 0 saturated heterocycles. The Morgan fingerprint density at radius 1 is 1.23 bits per heavy atom. The van der Waals surface area contributed by atoms with Gasteiger partial charge in [0.2, 0.25) is 11.8 Å². The number of methoxy groups -OCH3 is 1. The van der Waals surface area contributed by atoms with Gasteiger partial charge in [-0.25, -0.2) is 0 Å². The molecule has 1 heterocycles. The normalized spacial score (nSPS) is 16.0. The highest BCUT2D eigenvalue weighted by Crippen LogP contribution is 2.27. The molecule has 0 spiro atoms. The number of carbonyl (C=O) groups excluding carboxylic acids is 3. The average Bonchev–Trinajstić information content (AvgIpc) is 2.72. The number of amides is 3. The Labute approximate surface area is 154 Å². The maximum absolute atomic E-state index is 12.3. The summed E-state index contributed by atoms with van der Waals surface area (Å²) < 4.78 is 5.05. The second-order valence-electron chi connectivity index (χ2n) is 5.66. The van der Waals surface area contributed by atoms with Crippen LogP contribution in [-0.2, 0) is 9.59 Å². The minimum absolute atomic E-state index is 0.213. The number of rotatable bonds is 4. The first kappa shape index (κ1) is 17.8. The Balaban J connectivity index is 1.69. The molecule has 26 heavy (non-hydrogen) atoms. The van der Waals surface area contributed by atoms with E-state index in [9.17, 15) is 14.4 Å². The number of para-hydroxylation sites is 1. The average molecular weight is 374 g/mol. The fourth-order valence-electron chi connectivity index (χ4n) is 2.60. The quantitative estimate of drug-likeness (QED) is 0.766. The molecule has 0 bridgehead atoms. The second-order valence-corrected chi connectivity index (χ2v) is 6.07. The summed E-state index contributed by atoms with van der Waals surface area (Å²) in [5, 5.41) is 8.23. The van der Waals surface area contributed by atoms with E-state index in [2.05, 4.69) is 16.0 Å². The lowest BCUT2D eigenvalue weighted by atomic mass is 10.1. The molecule has 0 fully saturated rings. The van der Waals surface area contributed by atoms with Crippen LogP contribution in [0.1, 0.15) is 16.8 Å². The number of hydrogen-bond acceptors (Lipinski definition) is 4. The summed E-state index contributed by atoms with van der Waals surface area (Å²) in [6.45, 7) is 0. The zero-order valence-electron chi connectivity index (χ0n) is 13.8. The first-order valence-corrected chi connectivity index (χ1v) is 8.20. The van der Waals surface area contributed by atoms with Crippen molar-refractivity contribution in [3.63, 3.8) is 0 Å². The summed E-state index contributed by atoms with van der Waals surface area (Å²) in [5.41, 5.74) is 1.23. The minimum Gasteiger partial charge on any atom is -0.495 e. The van der Waals surface area contributed by atoms with E-state index in [0.29, 0.717) is 27.7 Å². The van der Waals surface area contributed by atoms with E-state index in [-0.39, 0.29) is 6.42 Å². The van der Waals surface area contributed by atoms with Crippen LogP contribution in [0.25, 0.3) is 0 Å². The zero-order valence-corrected chi connectivity index (χ0v) is 14.6. The summed E-state index contributed by atoms with van der Waals surface area (Å²) in [6, 6.07) is 10.5. The van der Waals surface area contributed by atoms with E-state index >= 15 is 0 Å². The monoisotopic (exact) mass is 373 g/mol. The SMILES string of the molecule is COc1ccc(NC(=O)C[C@@H]2NC(=O)c3ccccc3NC2=O)cc1Cl. The zero-order chi connectivity index (χ0) is 18.7. The molecule has 0 radical (unpaired) electrons. The smallest absolute Gasteiger partial charge is 0.254 e. The second kappa shape index (κ2) is 7.45. The molecule has 0 saturated carbocycles. The fraction of sp³-hybridized carbons (Fsp3) is 0.167. The number of halogens is 1. The molecule has 134 valence electrons. The third-order valence-corrected chi connectivity index (χ3v) is 4.17. The number of anilines is 2. The Bertz CT molecular complexity index is 884. The molecule has 7 nitrogen and oxygen atoms in total. The Kier molecular flexibility index (Phi) is 5.09. The lowest BCUT2D eigenvalue weighted by molar-refractivity contribution is -0.122. The van der Waals surface area contributed by atoms with Gasteiger partial charge in [0.15, 0.2) is 0 Å². The minimum atomic E-state index is -0.983. The van der Waals surface area contributed by atoms with Gasteiger partial charge in [0.05, 0.1) is 29.8 Å². The summed E-state index contributed by atoms with van der Waals surface area (Å²) in [6.07, 6.45) is -0.213. The summed E-state index contributed by atoms with van der Waals surface area (Å²) in [4.78, 5) is 36.8. The van der Waals surface area contributed by atoms with Crippen molar-refractivity contribution in [2.45, 2.75) is 12.5 Å². The van der Waals surface area contributed by atoms with Crippen molar-refractivity contribution in [3.8, 4) is 5.75 Å². The van der Waals surface area contributed by atoms with Gasteiger partial charge in [-0.3, -0.25) is 14.4 Å². The van der Waals surface area contributed by atoms with Gasteiger partial charge in [0, 0.05) is 5.69 Å². The first-order valence-electron chi connectivity index (χ1n) is 7.82. The largest absolute Gasteiger partial charge is 0.495 e. The van der Waals surface area contributed by atoms with Crippen molar-refractivity contribution in [1.82, 2.24) is 5.32 Å². The van der Waals surface area contributed by atoms with Crippen LogP contribution in [0.5, 0.6) is 5.75 Å². The molecule has 3 amide bonds. The highest BCUT2D eigenvalue weighted by Gasteiger charge is 2.29. The first-order chi connectivity index (χ1) is 12.5. The molecule has 0 unspecified atom stereocenters. The van der Waals surface area contributed by atoms with Gasteiger partial charge in [-0.2, -0.15) is 0 Å². The molecule has 1 aliphatic rings. The molecule has 2 aromatic carbocycles. The van der Waals surface area contributed by atoms with E-state index in [1.165, 1.54) is 7.11 Å². The van der Waals surface area contributed by atoms with Crippen molar-refractivity contribution in [2.24, 2.45) is 0 Å². The number of fused-ring (bicyclic) bond motifs is 1. The van der Waals surface area contributed by atoms with E-state index in [1.54, 1.807) is 42.5 Å². The van der Waals surface area contributed by atoms with Gasteiger partial charge in [-0.05, 0) is 30.3 Å². The Morgan fingerprint density at radius 2 is 2.00 bits per heavy atom. The van der Waals surface area contributed by atoms with Crippen molar-refractivity contribution in [1.29, 1.82) is 0 Å². The summed E-state index contributed by atoms with van der Waals surface area (Å²) in [5.74, 6) is -0.814. The topological polar surface area (TPSA) is 96.5 Å². The van der Waals surface area contributed by atoms with Crippen LogP contribution < -0.4 is 20.7 Å². The number of carbonyl (C=O) groups is 3. The molecule has 8 heteroatoms. The van der Waals surface area contributed by atoms with Gasteiger partial charge >= 0.3 is 0 Å². The fourth-order valence-corrected chi connectivity index (χ4v) is 2.85. The van der Waals surface area contributed by atoms with E-state index < -0.39 is 23.8 Å². The number of nitrogens with one attached hydrogen (secondary N) is 3. The maximum Gasteiger partial charge on any atom is 0.254 e. The molecular weight excluding hydrogens is 358 g/mol. The standard InChI is InChI=1S/C18H16ClN3O4/c1-26-15-7-6-10(8-12(15)19)20-16(23)9-14-18(25)21-13-5-3-2-4-11(13)17(24)22-14/h2-8,14H,9H2,1H3,(H,20,23)(H,21,25)(H,22,24)/t14-/m0/s1. The molecule has 0 aromatic heterocycles. The van der Waals surface area contributed by atoms with E-state index in [4.69, 9.17) is 16.3 Å². The molecule has 3 N–H and O–H groups in total. The maximum atomic E-state index is 12.3. The third kappa shape index (κ3) is 3.78. The highest BCUT2D eigenvalue weighted by molar-refractivity contribution is 6.32. The van der Waals surface area contributed by atoms with Gasteiger partial charge in [-0.15, -0.1) is 0 Å². The van der Waals surface area contributed by atoms with Gasteiger partial charge in [-0.1, -0.05) is 23.7 Å². The van der Waals surface area contributed by atoms with Crippen molar-refractivity contribution < 1.29 is 19.1 Å². The predicted octanol–water partition coefficient (Wildman–Crippen LogP) is 2.43. The van der Waals surface area contributed by atoms with Crippen LogP contribution in [0.4, 0.5) is 11.4 Å². The van der Waals surface area contributed by atoms with Gasteiger partial charge in [0.25, 0.3) is 5.91 Å². The Morgan fingerprint density at radius 3 is 2.73 bits per heavy atom. The van der Waals surface area contributed by atoms with Crippen molar-refractivity contribution in [3.05, 3.63) is 53.1 Å². The highest BCUT2D eigenvalue weighted by atomic mass is 35.5. The third-order valence-electron chi connectivity index (χ3n) is 3.88. The predicted molar refractivity (Wildman–Crippen MR) is 97.6 cm³/mol. The lowest BCUT2D eigenvalue weighted by Crippen LogP contribution is -2.43. The Hall–Kier alpha value is -3.06. The van der Waals surface area contributed by atoms with E-state index in [0.717, 1.165) is 0 Å². The van der Waals surface area contributed by atoms with Gasteiger partial charge < -0.3 is 20.7 Å². The molecule has 1 atom stereocenters. The van der Waals surface area contributed by atoms with E-state index in [1.807, 2.05) is 0 Å². The van der Waals surface area contributed by atoms with Crippen LogP contribution in [-0.4, -0.2) is 30.9 Å². The lowest BCUT2D eigenvalue weighted by Gasteiger charge is -2.14. The van der Waals surface area contributed by atoms with Crippen LogP contribution >= 0.6 is 11.6 Å². The number of hydrogen-bond donors (Lipinski definition) is 3. The van der Waals surface area contributed by atoms with Crippen LogP contribution in [0.2, 0.25) is 5.02 Å². The number of ether oxygens (including phenoxy) is 1. The van der Waals surface area contributed by atoms with Crippen LogP contribution in [0, 0.1) is 0 Å². The van der Waals surface area contributed by atoms with Crippen LogP contribution in [0.15, 0.2) is 42.5 Å². The number of benzene rings is 2. The summed E-state index contributed by atoms with van der Waals surface area (Å²) >= 11 is 6.02. The molecule has 1 aliphatic heterocycles. The molecule has 3 rings (SSSR count). The molecular formula is C18H16ClN3O4.